The van der Waals surface area contributed by atoms with E-state index in [1.165, 1.54) is 16.2 Å². The molecule has 6 heteroatoms. The van der Waals surface area contributed by atoms with Gasteiger partial charge in [-0.1, -0.05) is 0 Å². The molecule has 0 saturated carbocycles. The first kappa shape index (κ1) is 11.1. The van der Waals surface area contributed by atoms with Crippen molar-refractivity contribution in [2.75, 3.05) is 14.1 Å². The van der Waals surface area contributed by atoms with Crippen LogP contribution in [0.4, 0.5) is 0 Å². The number of amides is 1. The molecule has 1 aromatic heterocycles. The highest BCUT2D eigenvalue weighted by molar-refractivity contribution is 7.09. The largest absolute Gasteiger partial charge is 0.343 e. The van der Waals surface area contributed by atoms with Crippen LogP contribution in [-0.2, 0) is 9.63 Å². The Morgan fingerprint density at radius 3 is 2.94 bits per heavy atom. The maximum atomic E-state index is 11.6. The van der Waals surface area contributed by atoms with E-state index in [0.29, 0.717) is 5.70 Å². The molecule has 5 nitrogen and oxygen atoms in total. The second-order valence-electron chi connectivity index (χ2n) is 3.72. The number of hydrogen-bond acceptors (Lipinski definition) is 5. The van der Waals surface area contributed by atoms with Crippen LogP contribution in [0.2, 0.25) is 0 Å². The fraction of sp³-hybridized carbons (Fsp3) is 0.400. The van der Waals surface area contributed by atoms with Gasteiger partial charge in [0.1, 0.15) is 11.8 Å². The van der Waals surface area contributed by atoms with Crippen LogP contribution in [0.3, 0.4) is 0 Å². The lowest BCUT2D eigenvalue weighted by molar-refractivity contribution is -0.126. The summed E-state index contributed by atoms with van der Waals surface area (Å²) >= 11 is 1.52. The van der Waals surface area contributed by atoms with Crippen LogP contribution in [0.5, 0.6) is 0 Å². The summed E-state index contributed by atoms with van der Waals surface area (Å²) in [6.07, 6.45) is 1.56. The maximum absolute atomic E-state index is 11.6. The SMILES string of the molecule is Cc1ncsc1C1C=C(C(=O)N(C)C)NO1. The first-order chi connectivity index (χ1) is 7.59. The number of nitrogens with one attached hydrogen (secondary N) is 1. The maximum Gasteiger partial charge on any atom is 0.271 e. The van der Waals surface area contributed by atoms with Crippen molar-refractivity contribution in [1.82, 2.24) is 15.4 Å². The van der Waals surface area contributed by atoms with Crippen molar-refractivity contribution in [2.45, 2.75) is 13.0 Å². The third-order valence-corrected chi connectivity index (χ3v) is 3.28. The van der Waals surface area contributed by atoms with Crippen molar-refractivity contribution < 1.29 is 9.63 Å². The fourth-order valence-corrected chi connectivity index (χ4v) is 2.21. The molecule has 0 aromatic carbocycles. The molecule has 2 rings (SSSR count). The van der Waals surface area contributed by atoms with Gasteiger partial charge in [-0.15, -0.1) is 11.3 Å². The quantitative estimate of drug-likeness (QED) is 0.836. The minimum atomic E-state index is -0.216. The van der Waals surface area contributed by atoms with Crippen LogP contribution in [-0.4, -0.2) is 29.9 Å². The third kappa shape index (κ3) is 1.94. The summed E-state index contributed by atoms with van der Waals surface area (Å²) in [5.74, 6) is -0.0929. The van der Waals surface area contributed by atoms with Gasteiger partial charge in [-0.2, -0.15) is 0 Å². The number of likely N-dealkylation sites (N-methyl/N-ethyl adjacent to an activating group) is 1. The predicted molar refractivity (Wildman–Crippen MR) is 60.6 cm³/mol. The predicted octanol–water partition coefficient (Wildman–Crippen LogP) is 1.000. The van der Waals surface area contributed by atoms with Crippen LogP contribution >= 0.6 is 11.3 Å². The molecule has 86 valence electrons. The molecule has 0 fully saturated rings. The lowest BCUT2D eigenvalue weighted by Gasteiger charge is -2.10. The Bertz CT molecular complexity index is 439. The summed E-state index contributed by atoms with van der Waals surface area (Å²) in [6.45, 7) is 1.93. The molecule has 1 atom stereocenters. The molecule has 0 aliphatic carbocycles. The average molecular weight is 239 g/mol. The molecule has 1 aliphatic rings. The van der Waals surface area contributed by atoms with Gasteiger partial charge in [-0.25, -0.2) is 4.98 Å². The summed E-state index contributed by atoms with van der Waals surface area (Å²) < 4.78 is 0. The van der Waals surface area contributed by atoms with Gasteiger partial charge >= 0.3 is 0 Å². The Kier molecular flexibility index (Phi) is 2.93. The summed E-state index contributed by atoms with van der Waals surface area (Å²) in [4.78, 5) is 23.7. The molecule has 0 spiro atoms. The van der Waals surface area contributed by atoms with Gasteiger partial charge in [0.15, 0.2) is 0 Å². The van der Waals surface area contributed by atoms with Gasteiger partial charge in [0.05, 0.1) is 16.1 Å². The molecular formula is C10H13N3O2S. The zero-order valence-corrected chi connectivity index (χ0v) is 10.2. The smallest absolute Gasteiger partial charge is 0.271 e. The molecule has 1 aromatic rings. The highest BCUT2D eigenvalue weighted by Gasteiger charge is 2.25. The van der Waals surface area contributed by atoms with Crippen molar-refractivity contribution in [3.8, 4) is 0 Å². The van der Waals surface area contributed by atoms with Crippen molar-refractivity contribution in [1.29, 1.82) is 0 Å². The van der Waals surface area contributed by atoms with Gasteiger partial charge in [0, 0.05) is 14.1 Å². The molecular weight excluding hydrogens is 226 g/mol. The van der Waals surface area contributed by atoms with Gasteiger partial charge in [0.2, 0.25) is 0 Å². The number of hydrogen-bond donors (Lipinski definition) is 1. The van der Waals surface area contributed by atoms with Gasteiger partial charge < -0.3 is 4.90 Å². The lowest BCUT2D eigenvalue weighted by atomic mass is 10.2. The van der Waals surface area contributed by atoms with Crippen molar-refractivity contribution >= 4 is 17.2 Å². The number of nitrogens with zero attached hydrogens (tertiary/aromatic N) is 2. The normalized spacial score (nSPS) is 19.2. The van der Waals surface area contributed by atoms with E-state index in [4.69, 9.17) is 4.84 Å². The Morgan fingerprint density at radius 2 is 2.38 bits per heavy atom. The van der Waals surface area contributed by atoms with E-state index in [2.05, 4.69) is 10.5 Å². The molecule has 2 heterocycles. The second kappa shape index (κ2) is 4.23. The molecule has 0 radical (unpaired) electrons. The first-order valence-corrected chi connectivity index (χ1v) is 5.72. The molecule has 16 heavy (non-hydrogen) atoms. The van der Waals surface area contributed by atoms with Crippen LogP contribution in [0.1, 0.15) is 16.7 Å². The van der Waals surface area contributed by atoms with Crippen LogP contribution in [0, 0.1) is 6.92 Å². The standard InChI is InChI=1S/C10H13N3O2S/c1-6-9(16-5-11-6)8-4-7(12-15-8)10(14)13(2)3/h4-5,8,12H,1-3H3. The fourth-order valence-electron chi connectivity index (χ4n) is 1.42. The topological polar surface area (TPSA) is 54.5 Å². The van der Waals surface area contributed by atoms with Crippen molar-refractivity contribution in [3.05, 3.63) is 27.9 Å². The van der Waals surface area contributed by atoms with Gasteiger partial charge in [-0.05, 0) is 13.0 Å². The number of rotatable bonds is 2. The average Bonchev–Trinajstić information content (AvgIpc) is 2.84. The third-order valence-electron chi connectivity index (χ3n) is 2.29. The zero-order valence-electron chi connectivity index (χ0n) is 9.35. The number of hydroxylamine groups is 1. The number of carbonyl (C=O) groups is 1. The first-order valence-electron chi connectivity index (χ1n) is 4.84. The van der Waals surface area contributed by atoms with E-state index in [0.717, 1.165) is 10.6 Å². The number of aromatic nitrogens is 1. The van der Waals surface area contributed by atoms with E-state index >= 15 is 0 Å². The summed E-state index contributed by atoms with van der Waals surface area (Å²) in [6, 6.07) is 0. The molecule has 0 bridgehead atoms. The number of aryl methyl sites for hydroxylation is 1. The Labute approximate surface area is 97.7 Å². The van der Waals surface area contributed by atoms with E-state index in [-0.39, 0.29) is 12.0 Å². The minimum Gasteiger partial charge on any atom is -0.343 e. The van der Waals surface area contributed by atoms with Crippen LogP contribution < -0.4 is 5.48 Å². The summed E-state index contributed by atoms with van der Waals surface area (Å²) in [5.41, 5.74) is 5.84. The second-order valence-corrected chi connectivity index (χ2v) is 4.61. The molecule has 1 unspecified atom stereocenters. The highest BCUT2D eigenvalue weighted by Crippen LogP contribution is 2.29. The van der Waals surface area contributed by atoms with E-state index < -0.39 is 0 Å². The molecule has 0 saturated heterocycles. The summed E-state index contributed by atoms with van der Waals surface area (Å²) in [7, 11) is 3.41. The van der Waals surface area contributed by atoms with Gasteiger partial charge in [0.25, 0.3) is 5.91 Å². The van der Waals surface area contributed by atoms with Crippen molar-refractivity contribution in [2.24, 2.45) is 0 Å². The van der Waals surface area contributed by atoms with E-state index in [1.54, 1.807) is 25.7 Å². The number of carbonyl (C=O) groups excluding carboxylic acids is 1. The van der Waals surface area contributed by atoms with Crippen LogP contribution in [0.15, 0.2) is 17.3 Å². The Hall–Kier alpha value is -1.40. The Balaban J connectivity index is 2.18. The van der Waals surface area contributed by atoms with Crippen molar-refractivity contribution in [3.63, 3.8) is 0 Å². The van der Waals surface area contributed by atoms with Crippen LogP contribution in [0.25, 0.3) is 0 Å². The molecule has 1 amide bonds. The highest BCUT2D eigenvalue weighted by atomic mass is 32.1. The Morgan fingerprint density at radius 1 is 1.62 bits per heavy atom. The molecule has 1 aliphatic heterocycles. The van der Waals surface area contributed by atoms with E-state index in [9.17, 15) is 4.79 Å². The number of thiazole rings is 1. The lowest BCUT2D eigenvalue weighted by Crippen LogP contribution is -2.28. The summed E-state index contributed by atoms with van der Waals surface area (Å²) in [5, 5.41) is 0. The zero-order chi connectivity index (χ0) is 11.7. The van der Waals surface area contributed by atoms with Gasteiger partial charge in [-0.3, -0.25) is 15.1 Å². The van der Waals surface area contributed by atoms with E-state index in [1.807, 2.05) is 6.92 Å². The molecule has 1 N–H and O–H groups in total. The monoisotopic (exact) mass is 239 g/mol. The minimum absolute atomic E-state index is 0.0929.